The molecule has 7 rings (SSSR count). The van der Waals surface area contributed by atoms with Gasteiger partial charge in [0.05, 0.1) is 23.3 Å². The number of anilines is 2. The van der Waals surface area contributed by atoms with Gasteiger partial charge < -0.3 is 14.9 Å². The molecule has 3 atom stereocenters. The van der Waals surface area contributed by atoms with E-state index in [2.05, 4.69) is 46.9 Å². The Morgan fingerprint density at radius 1 is 1.03 bits per heavy atom. The van der Waals surface area contributed by atoms with Gasteiger partial charge in [0.25, 0.3) is 5.56 Å². The highest BCUT2D eigenvalue weighted by Gasteiger charge is 2.61. The molecule has 1 aromatic heterocycles. The third-order valence-corrected chi connectivity index (χ3v) is 9.75. The number of hydrogen-bond acceptors (Lipinski definition) is 5. The molecule has 4 saturated carbocycles. The van der Waals surface area contributed by atoms with Crippen LogP contribution in [0.3, 0.4) is 0 Å². The van der Waals surface area contributed by atoms with E-state index < -0.39 is 17.4 Å². The van der Waals surface area contributed by atoms with Crippen molar-refractivity contribution in [2.24, 2.45) is 23.7 Å². The maximum absolute atomic E-state index is 13.6. The van der Waals surface area contributed by atoms with Gasteiger partial charge in [-0.3, -0.25) is 9.59 Å². The lowest BCUT2D eigenvalue weighted by atomic mass is 9.48. The Balaban J connectivity index is 1.28. The van der Waals surface area contributed by atoms with Crippen LogP contribution in [0.15, 0.2) is 29.2 Å². The maximum Gasteiger partial charge on any atom is 0.309 e. The van der Waals surface area contributed by atoms with E-state index in [9.17, 15) is 14.7 Å². The number of rotatable bonds is 4. The predicted molar refractivity (Wildman–Crippen MR) is 137 cm³/mol. The zero-order valence-electron chi connectivity index (χ0n) is 20.4. The van der Waals surface area contributed by atoms with Crippen LogP contribution in [-0.4, -0.2) is 47.0 Å². The monoisotopic (exact) mass is 496 g/mol. The van der Waals surface area contributed by atoms with Crippen molar-refractivity contribution in [2.75, 3.05) is 36.0 Å². The van der Waals surface area contributed by atoms with Crippen molar-refractivity contribution in [3.05, 3.63) is 50.9 Å². The molecule has 5 fully saturated rings. The molecule has 2 heterocycles. The molecule has 1 N–H and O–H groups in total. The highest BCUT2D eigenvalue weighted by molar-refractivity contribution is 6.33. The van der Waals surface area contributed by atoms with Gasteiger partial charge in [-0.25, -0.2) is 4.68 Å². The minimum Gasteiger partial charge on any atom is -0.481 e. The fourth-order valence-electron chi connectivity index (χ4n) is 7.96. The van der Waals surface area contributed by atoms with E-state index in [1.165, 1.54) is 21.5 Å². The lowest BCUT2D eigenvalue weighted by Gasteiger charge is -2.59. The molecule has 5 aliphatic rings. The van der Waals surface area contributed by atoms with Crippen LogP contribution in [0.4, 0.5) is 11.4 Å². The Kier molecular flexibility index (Phi) is 5.40. The van der Waals surface area contributed by atoms with Crippen molar-refractivity contribution in [1.82, 2.24) is 9.78 Å². The number of piperazine rings is 1. The van der Waals surface area contributed by atoms with E-state index in [0.717, 1.165) is 45.4 Å². The van der Waals surface area contributed by atoms with Crippen LogP contribution < -0.4 is 15.4 Å². The van der Waals surface area contributed by atoms with E-state index in [1.54, 1.807) is 6.20 Å². The molecule has 0 amide bonds. The van der Waals surface area contributed by atoms with Gasteiger partial charge in [0.15, 0.2) is 0 Å². The first-order valence-corrected chi connectivity index (χ1v) is 13.2. The first kappa shape index (κ1) is 22.9. The van der Waals surface area contributed by atoms with Crippen molar-refractivity contribution in [1.29, 1.82) is 0 Å². The van der Waals surface area contributed by atoms with Gasteiger partial charge in [0, 0.05) is 31.9 Å². The molecule has 2 aromatic rings. The molecule has 186 valence electrons. The summed E-state index contributed by atoms with van der Waals surface area (Å²) in [6.07, 6.45) is 6.20. The maximum atomic E-state index is 13.6. The van der Waals surface area contributed by atoms with E-state index in [-0.39, 0.29) is 16.5 Å². The number of nitrogens with zero attached hydrogens (tertiary/aromatic N) is 4. The number of aliphatic carboxylic acids is 1. The van der Waals surface area contributed by atoms with Gasteiger partial charge in [0.2, 0.25) is 0 Å². The number of aryl methyl sites for hydroxylation is 1. The topological polar surface area (TPSA) is 78.7 Å². The third-order valence-electron chi connectivity index (χ3n) is 9.40. The van der Waals surface area contributed by atoms with Crippen molar-refractivity contribution in [3.8, 4) is 0 Å². The smallest absolute Gasteiger partial charge is 0.309 e. The second-order valence-electron chi connectivity index (χ2n) is 11.3. The summed E-state index contributed by atoms with van der Waals surface area (Å²) < 4.78 is 1.48. The Morgan fingerprint density at radius 2 is 1.66 bits per heavy atom. The van der Waals surface area contributed by atoms with Gasteiger partial charge in [0.1, 0.15) is 5.02 Å². The van der Waals surface area contributed by atoms with Gasteiger partial charge >= 0.3 is 5.97 Å². The second kappa shape index (κ2) is 8.26. The van der Waals surface area contributed by atoms with Gasteiger partial charge in [-0.15, -0.1) is 0 Å². The summed E-state index contributed by atoms with van der Waals surface area (Å²) in [7, 11) is 0. The average Bonchev–Trinajstić information content (AvgIpc) is 2.82. The Hall–Kier alpha value is -2.54. The fourth-order valence-corrected chi connectivity index (χ4v) is 8.21. The number of carboxylic acid groups (broad SMARTS) is 1. The van der Waals surface area contributed by atoms with Crippen molar-refractivity contribution >= 4 is 28.9 Å². The van der Waals surface area contributed by atoms with Crippen molar-refractivity contribution < 1.29 is 9.90 Å². The number of aromatic nitrogens is 2. The van der Waals surface area contributed by atoms with E-state index >= 15 is 0 Å². The highest BCUT2D eigenvalue weighted by Crippen LogP contribution is 2.61. The number of benzene rings is 1. The first-order valence-electron chi connectivity index (χ1n) is 12.9. The van der Waals surface area contributed by atoms with Crippen LogP contribution in [0, 0.1) is 37.5 Å². The average molecular weight is 497 g/mol. The molecule has 0 radical (unpaired) electrons. The molecule has 1 aliphatic heterocycles. The Bertz CT molecular complexity index is 1220. The Labute approximate surface area is 210 Å². The molecule has 7 nitrogen and oxygen atoms in total. The molecule has 0 unspecified atom stereocenters. The summed E-state index contributed by atoms with van der Waals surface area (Å²) in [5.41, 5.74) is 3.41. The lowest BCUT2D eigenvalue weighted by Crippen LogP contribution is -2.63. The van der Waals surface area contributed by atoms with E-state index in [0.29, 0.717) is 30.4 Å². The summed E-state index contributed by atoms with van der Waals surface area (Å²) in [6.45, 7) is 7.45. The normalized spacial score (nSPS) is 31.7. The molecular weight excluding hydrogens is 464 g/mol. The van der Waals surface area contributed by atoms with Gasteiger partial charge in [-0.05, 0) is 80.9 Å². The largest absolute Gasteiger partial charge is 0.481 e. The summed E-state index contributed by atoms with van der Waals surface area (Å²) >= 11 is 6.72. The fraction of sp³-hybridized carbons (Fsp3) is 0.593. The summed E-state index contributed by atoms with van der Waals surface area (Å²) in [5, 5.41) is 15.0. The van der Waals surface area contributed by atoms with E-state index in [4.69, 9.17) is 11.6 Å². The third kappa shape index (κ3) is 3.49. The molecule has 4 aliphatic carbocycles. The van der Waals surface area contributed by atoms with Gasteiger partial charge in [-0.2, -0.15) is 5.10 Å². The standard InChI is InChI=1S/C27H33ClN4O3/c1-16-4-3-5-21(17(16)2)30-6-8-31(9-7-30)22-15-29-32(25(33)24(22)28)27-13-18-10-19(14-27)12-20(11-18)23(27)26(34)35/h3-5,15,18-20,23H,6-14H2,1-2H3,(H,34,35)/t18-,19-,20?,23+,27?/m0/s1. The van der Waals surface area contributed by atoms with Crippen LogP contribution in [0.2, 0.25) is 5.02 Å². The van der Waals surface area contributed by atoms with Crippen molar-refractivity contribution in [3.63, 3.8) is 0 Å². The van der Waals surface area contributed by atoms with E-state index in [1.807, 2.05) is 0 Å². The summed E-state index contributed by atoms with van der Waals surface area (Å²) in [6, 6.07) is 6.39. The molecule has 8 heteroatoms. The van der Waals surface area contributed by atoms with Crippen LogP contribution in [0.5, 0.6) is 0 Å². The van der Waals surface area contributed by atoms with Crippen LogP contribution in [-0.2, 0) is 10.3 Å². The number of hydrogen-bond donors (Lipinski definition) is 1. The predicted octanol–water partition coefficient (Wildman–Crippen LogP) is 4.08. The number of carboxylic acids is 1. The Morgan fingerprint density at radius 3 is 2.29 bits per heavy atom. The SMILES string of the molecule is Cc1cccc(N2CCN(c3cnn(C45C[C@@H]6CC(C[C@H](C6)C4)[C@@H]5C(=O)O)c(=O)c3Cl)CC2)c1C. The van der Waals surface area contributed by atoms with Gasteiger partial charge in [-0.1, -0.05) is 23.7 Å². The zero-order chi connectivity index (χ0) is 24.5. The molecule has 0 spiro atoms. The summed E-state index contributed by atoms with van der Waals surface area (Å²) in [4.78, 5) is 30.5. The van der Waals surface area contributed by atoms with Crippen LogP contribution >= 0.6 is 11.6 Å². The van der Waals surface area contributed by atoms with Crippen LogP contribution in [0.1, 0.15) is 43.2 Å². The number of halogens is 1. The first-order chi connectivity index (χ1) is 16.8. The lowest BCUT2D eigenvalue weighted by molar-refractivity contribution is -0.168. The minimum absolute atomic E-state index is 0.129. The second-order valence-corrected chi connectivity index (χ2v) is 11.7. The summed E-state index contributed by atoms with van der Waals surface area (Å²) in [5.74, 6) is -0.278. The molecular formula is C27H33ClN4O3. The molecule has 4 bridgehead atoms. The van der Waals surface area contributed by atoms with Crippen LogP contribution in [0.25, 0.3) is 0 Å². The highest BCUT2D eigenvalue weighted by atomic mass is 35.5. The zero-order valence-corrected chi connectivity index (χ0v) is 21.2. The minimum atomic E-state index is -0.801. The molecule has 35 heavy (non-hydrogen) atoms. The van der Waals surface area contributed by atoms with Crippen molar-refractivity contribution in [2.45, 2.75) is 51.5 Å². The molecule has 1 aromatic carbocycles. The number of carbonyl (C=O) groups is 1. The molecule has 1 saturated heterocycles. The quantitative estimate of drug-likeness (QED) is 0.687.